The first kappa shape index (κ1) is 12.6. The molecule has 0 saturated heterocycles. The number of aliphatic imine (C=N–C) groups is 1. The monoisotopic (exact) mass is 278 g/mol. The Morgan fingerprint density at radius 3 is 2.37 bits per heavy atom. The standard InChI is InChI=1S/C16H26N2S/c1-2-3-14-10-17-15(19-14)18-16-7-11-4-12(8-16)6-13(5-11)9-16/h11-14H,2-10H2,1H3,(H,17,18). The molecular weight excluding hydrogens is 252 g/mol. The summed E-state index contributed by atoms with van der Waals surface area (Å²) in [5.74, 6) is 3.08. The number of thioether (sulfide) groups is 1. The number of amidine groups is 1. The van der Waals surface area contributed by atoms with Crippen molar-refractivity contribution in [2.24, 2.45) is 22.7 Å². The maximum atomic E-state index is 4.78. The van der Waals surface area contributed by atoms with Crippen LogP contribution in [0, 0.1) is 17.8 Å². The minimum absolute atomic E-state index is 0.446. The summed E-state index contributed by atoms with van der Waals surface area (Å²) in [4.78, 5) is 4.78. The fraction of sp³-hybridized carbons (Fsp3) is 0.938. The van der Waals surface area contributed by atoms with Gasteiger partial charge in [0.1, 0.15) is 0 Å². The lowest BCUT2D eigenvalue weighted by atomic mass is 9.53. The van der Waals surface area contributed by atoms with E-state index in [2.05, 4.69) is 12.2 Å². The van der Waals surface area contributed by atoms with Gasteiger partial charge in [-0.05, 0) is 62.7 Å². The largest absolute Gasteiger partial charge is 0.359 e. The number of nitrogens with zero attached hydrogens (tertiary/aromatic N) is 1. The van der Waals surface area contributed by atoms with E-state index in [-0.39, 0.29) is 0 Å². The molecule has 4 aliphatic carbocycles. The number of rotatable bonds is 3. The highest BCUT2D eigenvalue weighted by Crippen LogP contribution is 2.55. The lowest BCUT2D eigenvalue weighted by molar-refractivity contribution is -0.00962. The van der Waals surface area contributed by atoms with Crippen molar-refractivity contribution in [3.8, 4) is 0 Å². The van der Waals surface area contributed by atoms with Crippen LogP contribution in [0.5, 0.6) is 0 Å². The Morgan fingerprint density at radius 2 is 1.79 bits per heavy atom. The maximum Gasteiger partial charge on any atom is 0.157 e. The van der Waals surface area contributed by atoms with E-state index in [1.165, 1.54) is 56.5 Å². The van der Waals surface area contributed by atoms with Gasteiger partial charge in [-0.1, -0.05) is 25.1 Å². The van der Waals surface area contributed by atoms with Crippen molar-refractivity contribution in [2.45, 2.75) is 69.1 Å². The molecule has 0 aromatic carbocycles. The van der Waals surface area contributed by atoms with Crippen molar-refractivity contribution in [1.29, 1.82) is 0 Å². The molecule has 0 spiro atoms. The average Bonchev–Trinajstić information content (AvgIpc) is 2.74. The van der Waals surface area contributed by atoms with Crippen LogP contribution in [0.25, 0.3) is 0 Å². The van der Waals surface area contributed by atoms with Crippen molar-refractivity contribution in [3.05, 3.63) is 0 Å². The van der Waals surface area contributed by atoms with Gasteiger partial charge < -0.3 is 5.32 Å². The Labute approximate surface area is 121 Å². The number of hydrogen-bond donors (Lipinski definition) is 1. The van der Waals surface area contributed by atoms with Crippen molar-refractivity contribution >= 4 is 16.9 Å². The molecule has 5 rings (SSSR count). The molecule has 4 saturated carbocycles. The van der Waals surface area contributed by atoms with Gasteiger partial charge >= 0.3 is 0 Å². The highest BCUT2D eigenvalue weighted by molar-refractivity contribution is 8.14. The third kappa shape index (κ3) is 2.32. The zero-order chi connectivity index (χ0) is 12.9. The lowest BCUT2D eigenvalue weighted by Crippen LogP contribution is -2.59. The molecule has 19 heavy (non-hydrogen) atoms. The Balaban J connectivity index is 1.43. The van der Waals surface area contributed by atoms with Crippen LogP contribution in [0.15, 0.2) is 4.99 Å². The van der Waals surface area contributed by atoms with Gasteiger partial charge in [0.15, 0.2) is 5.17 Å². The molecule has 1 atom stereocenters. The molecule has 5 aliphatic rings. The molecule has 1 aliphatic heterocycles. The predicted octanol–water partition coefficient (Wildman–Crippen LogP) is 3.82. The molecule has 4 fully saturated rings. The highest BCUT2D eigenvalue weighted by atomic mass is 32.2. The van der Waals surface area contributed by atoms with E-state index in [4.69, 9.17) is 4.99 Å². The second kappa shape index (κ2) is 4.68. The topological polar surface area (TPSA) is 24.4 Å². The van der Waals surface area contributed by atoms with Crippen LogP contribution in [-0.2, 0) is 0 Å². The van der Waals surface area contributed by atoms with Crippen LogP contribution < -0.4 is 5.32 Å². The van der Waals surface area contributed by atoms with Gasteiger partial charge in [-0.25, -0.2) is 0 Å². The summed E-state index contributed by atoms with van der Waals surface area (Å²) in [6.45, 7) is 3.33. The van der Waals surface area contributed by atoms with Gasteiger partial charge in [-0.15, -0.1) is 0 Å². The van der Waals surface area contributed by atoms with Crippen LogP contribution in [0.2, 0.25) is 0 Å². The minimum Gasteiger partial charge on any atom is -0.359 e. The van der Waals surface area contributed by atoms with Crippen molar-refractivity contribution in [1.82, 2.24) is 5.32 Å². The van der Waals surface area contributed by atoms with E-state index in [1.807, 2.05) is 11.8 Å². The molecule has 3 heteroatoms. The van der Waals surface area contributed by atoms with Gasteiger partial charge in [-0.3, -0.25) is 4.99 Å². The van der Waals surface area contributed by atoms with E-state index in [1.54, 1.807) is 0 Å². The van der Waals surface area contributed by atoms with E-state index >= 15 is 0 Å². The van der Waals surface area contributed by atoms with Crippen LogP contribution in [0.4, 0.5) is 0 Å². The first-order valence-electron chi connectivity index (χ1n) is 8.24. The Kier molecular flexibility index (Phi) is 3.09. The summed E-state index contributed by atoms with van der Waals surface area (Å²) in [5, 5.41) is 5.95. The van der Waals surface area contributed by atoms with Crippen molar-refractivity contribution < 1.29 is 0 Å². The summed E-state index contributed by atoms with van der Waals surface area (Å²) in [6, 6.07) is 0. The number of nitrogens with one attached hydrogen (secondary N) is 1. The Bertz CT molecular complexity index is 355. The molecular formula is C16H26N2S. The summed E-state index contributed by atoms with van der Waals surface area (Å²) in [6.07, 6.45) is 11.5. The summed E-state index contributed by atoms with van der Waals surface area (Å²) < 4.78 is 0. The van der Waals surface area contributed by atoms with Gasteiger partial charge in [0.25, 0.3) is 0 Å². The van der Waals surface area contributed by atoms with Crippen LogP contribution in [0.3, 0.4) is 0 Å². The molecule has 2 nitrogen and oxygen atoms in total. The summed E-state index contributed by atoms with van der Waals surface area (Å²) in [5.41, 5.74) is 0.446. The Hall–Kier alpha value is -0.180. The second-order valence-electron chi connectivity index (χ2n) is 7.50. The maximum absolute atomic E-state index is 4.78. The van der Waals surface area contributed by atoms with E-state index in [0.29, 0.717) is 5.54 Å². The van der Waals surface area contributed by atoms with Gasteiger partial charge in [0.2, 0.25) is 0 Å². The quantitative estimate of drug-likeness (QED) is 0.849. The second-order valence-corrected chi connectivity index (χ2v) is 8.79. The van der Waals surface area contributed by atoms with Crippen LogP contribution >= 0.6 is 11.8 Å². The van der Waals surface area contributed by atoms with Crippen molar-refractivity contribution in [2.75, 3.05) is 6.54 Å². The predicted molar refractivity (Wildman–Crippen MR) is 82.6 cm³/mol. The highest BCUT2D eigenvalue weighted by Gasteiger charge is 2.51. The van der Waals surface area contributed by atoms with Gasteiger partial charge in [0, 0.05) is 10.8 Å². The average molecular weight is 278 g/mol. The molecule has 1 unspecified atom stereocenters. The molecule has 0 aromatic rings. The number of hydrogen-bond acceptors (Lipinski definition) is 3. The van der Waals surface area contributed by atoms with Gasteiger partial charge in [-0.2, -0.15) is 0 Å². The Morgan fingerprint density at radius 1 is 1.16 bits per heavy atom. The SMILES string of the molecule is CCCC1CN=C(NC23CC4CC(CC(C4)C2)C3)S1. The molecule has 1 N–H and O–H groups in total. The van der Waals surface area contributed by atoms with Crippen molar-refractivity contribution in [3.63, 3.8) is 0 Å². The van der Waals surface area contributed by atoms with E-state index < -0.39 is 0 Å². The fourth-order valence-corrected chi connectivity index (χ4v) is 6.69. The third-order valence-electron chi connectivity index (χ3n) is 5.74. The van der Waals surface area contributed by atoms with Gasteiger partial charge in [0.05, 0.1) is 6.54 Å². The zero-order valence-corrected chi connectivity index (χ0v) is 12.8. The first-order chi connectivity index (χ1) is 9.25. The summed E-state index contributed by atoms with van der Waals surface area (Å²) in [7, 11) is 0. The third-order valence-corrected chi connectivity index (χ3v) is 6.91. The molecule has 0 radical (unpaired) electrons. The molecule has 1 heterocycles. The smallest absolute Gasteiger partial charge is 0.157 e. The normalized spacial score (nSPS) is 47.5. The van der Waals surface area contributed by atoms with Crippen LogP contribution in [0.1, 0.15) is 58.3 Å². The van der Waals surface area contributed by atoms with E-state index in [0.717, 1.165) is 29.5 Å². The van der Waals surface area contributed by atoms with Crippen LogP contribution in [-0.4, -0.2) is 22.5 Å². The molecule has 4 bridgehead atoms. The molecule has 106 valence electrons. The minimum atomic E-state index is 0.446. The molecule has 0 aromatic heterocycles. The zero-order valence-electron chi connectivity index (χ0n) is 12.0. The first-order valence-corrected chi connectivity index (χ1v) is 9.12. The molecule has 0 amide bonds. The lowest BCUT2D eigenvalue weighted by Gasteiger charge is -2.57. The summed E-state index contributed by atoms with van der Waals surface area (Å²) >= 11 is 2.02. The fourth-order valence-electron chi connectivity index (χ4n) is 5.45. The van der Waals surface area contributed by atoms with E-state index in [9.17, 15) is 0 Å².